The van der Waals surface area contributed by atoms with Crippen molar-refractivity contribution < 1.29 is 9.90 Å². The van der Waals surface area contributed by atoms with E-state index in [4.69, 9.17) is 11.6 Å². The predicted octanol–water partition coefficient (Wildman–Crippen LogP) is 3.61. The van der Waals surface area contributed by atoms with Gasteiger partial charge in [0.2, 0.25) is 0 Å². The molecule has 0 radical (unpaired) electrons. The van der Waals surface area contributed by atoms with Crippen LogP contribution in [0.1, 0.15) is 12.8 Å². The Hall–Kier alpha value is -0.930. The van der Waals surface area contributed by atoms with Crippen molar-refractivity contribution in [2.24, 2.45) is 0 Å². The van der Waals surface area contributed by atoms with Gasteiger partial charge in [-0.2, -0.15) is 0 Å². The molecular weight excluding hydrogens is 244 g/mol. The number of halogens is 1. The minimum atomic E-state index is -0.762. The van der Waals surface area contributed by atoms with Gasteiger partial charge in [-0.15, -0.1) is 11.8 Å². The lowest BCUT2D eigenvalue weighted by atomic mass is 10.1. The summed E-state index contributed by atoms with van der Waals surface area (Å²) < 4.78 is -0.745. The molecule has 0 saturated heterocycles. The first-order valence-electron chi connectivity index (χ1n) is 4.95. The number of benzene rings is 1. The molecule has 0 saturated carbocycles. The molecule has 0 amide bonds. The van der Waals surface area contributed by atoms with Crippen molar-refractivity contribution in [2.75, 3.05) is 0 Å². The summed E-state index contributed by atoms with van der Waals surface area (Å²) in [5.74, 6) is -0.762. The number of aliphatic carboxylic acids is 1. The molecule has 1 N–H and O–H groups in total. The number of carboxylic acid groups (broad SMARTS) is 1. The zero-order valence-electron chi connectivity index (χ0n) is 8.52. The molecule has 84 valence electrons. The highest BCUT2D eigenvalue weighted by Gasteiger charge is 2.40. The minimum absolute atomic E-state index is 0.569. The molecule has 0 spiro atoms. The van der Waals surface area contributed by atoms with Crippen molar-refractivity contribution in [3.05, 3.63) is 41.4 Å². The quantitative estimate of drug-likeness (QED) is 0.838. The maximum absolute atomic E-state index is 11.3. The lowest BCUT2D eigenvalue weighted by molar-refractivity contribution is -0.139. The third kappa shape index (κ3) is 2.25. The third-order valence-corrected chi connectivity index (χ3v) is 4.18. The molecule has 1 aliphatic carbocycles. The van der Waals surface area contributed by atoms with Crippen molar-refractivity contribution >= 4 is 29.3 Å². The molecule has 0 unspecified atom stereocenters. The maximum atomic E-state index is 11.3. The summed E-state index contributed by atoms with van der Waals surface area (Å²) >= 11 is 7.25. The number of carboxylic acids is 1. The SMILES string of the molecule is O=C(O)C1(Sc2cccc(Cl)c2)CC=CC1. The number of carbonyl (C=O) groups is 1. The number of thioether (sulfide) groups is 1. The molecular formula is C12H11ClO2S. The van der Waals surface area contributed by atoms with Gasteiger partial charge in [0, 0.05) is 9.92 Å². The van der Waals surface area contributed by atoms with Crippen LogP contribution >= 0.6 is 23.4 Å². The Morgan fingerprint density at radius 1 is 1.38 bits per heavy atom. The average Bonchev–Trinajstić information content (AvgIpc) is 2.67. The van der Waals surface area contributed by atoms with Gasteiger partial charge in [0.15, 0.2) is 0 Å². The van der Waals surface area contributed by atoms with Crippen LogP contribution < -0.4 is 0 Å². The van der Waals surface area contributed by atoms with E-state index >= 15 is 0 Å². The Labute approximate surface area is 103 Å². The lowest BCUT2D eigenvalue weighted by Crippen LogP contribution is -2.31. The second kappa shape index (κ2) is 4.52. The van der Waals surface area contributed by atoms with Gasteiger partial charge in [0.05, 0.1) is 0 Å². The summed E-state index contributed by atoms with van der Waals surface area (Å²) in [4.78, 5) is 12.2. The van der Waals surface area contributed by atoms with E-state index in [0.29, 0.717) is 17.9 Å². The fourth-order valence-corrected chi connectivity index (χ4v) is 3.17. The highest BCUT2D eigenvalue weighted by atomic mass is 35.5. The van der Waals surface area contributed by atoms with Gasteiger partial charge in [-0.05, 0) is 31.0 Å². The summed E-state index contributed by atoms with van der Waals surface area (Å²) in [6.45, 7) is 0. The van der Waals surface area contributed by atoms with E-state index < -0.39 is 10.7 Å². The van der Waals surface area contributed by atoms with Crippen LogP contribution in [-0.4, -0.2) is 15.8 Å². The molecule has 2 nitrogen and oxygen atoms in total. The largest absolute Gasteiger partial charge is 0.480 e. The number of rotatable bonds is 3. The fourth-order valence-electron chi connectivity index (χ4n) is 1.69. The van der Waals surface area contributed by atoms with Gasteiger partial charge in [0.25, 0.3) is 0 Å². The fraction of sp³-hybridized carbons (Fsp3) is 0.250. The van der Waals surface area contributed by atoms with E-state index in [-0.39, 0.29) is 0 Å². The standard InChI is InChI=1S/C12H11ClO2S/c13-9-4-3-5-10(8-9)16-12(11(14)15)6-1-2-7-12/h1-5,8H,6-7H2,(H,14,15). The zero-order chi connectivity index (χ0) is 11.6. The van der Waals surface area contributed by atoms with E-state index in [0.717, 1.165) is 4.90 Å². The molecule has 0 bridgehead atoms. The van der Waals surface area contributed by atoms with Crippen LogP contribution in [0.25, 0.3) is 0 Å². The molecule has 0 heterocycles. The lowest BCUT2D eigenvalue weighted by Gasteiger charge is -2.23. The van der Waals surface area contributed by atoms with Gasteiger partial charge >= 0.3 is 5.97 Å². The Morgan fingerprint density at radius 2 is 2.06 bits per heavy atom. The van der Waals surface area contributed by atoms with Crippen molar-refractivity contribution in [2.45, 2.75) is 22.5 Å². The Bertz CT molecular complexity index is 434. The highest BCUT2D eigenvalue weighted by molar-refractivity contribution is 8.01. The summed E-state index contributed by atoms with van der Waals surface area (Å²) in [5.41, 5.74) is 0. The van der Waals surface area contributed by atoms with Crippen LogP contribution in [0.5, 0.6) is 0 Å². The van der Waals surface area contributed by atoms with Crippen LogP contribution in [0.15, 0.2) is 41.3 Å². The van der Waals surface area contributed by atoms with Gasteiger partial charge in [0.1, 0.15) is 4.75 Å². The summed E-state index contributed by atoms with van der Waals surface area (Å²) in [6, 6.07) is 7.31. The molecule has 1 aliphatic rings. The monoisotopic (exact) mass is 254 g/mol. The molecule has 2 rings (SSSR count). The van der Waals surface area contributed by atoms with Crippen LogP contribution in [0.3, 0.4) is 0 Å². The maximum Gasteiger partial charge on any atom is 0.320 e. The van der Waals surface area contributed by atoms with E-state index in [1.807, 2.05) is 24.3 Å². The smallest absolute Gasteiger partial charge is 0.320 e. The van der Waals surface area contributed by atoms with E-state index in [2.05, 4.69) is 0 Å². The van der Waals surface area contributed by atoms with Crippen LogP contribution in [0, 0.1) is 0 Å². The third-order valence-electron chi connectivity index (χ3n) is 2.56. The Kier molecular flexibility index (Phi) is 3.26. The van der Waals surface area contributed by atoms with Gasteiger partial charge in [-0.1, -0.05) is 29.8 Å². The first-order valence-corrected chi connectivity index (χ1v) is 6.15. The molecule has 4 heteroatoms. The summed E-state index contributed by atoms with van der Waals surface area (Å²) in [7, 11) is 0. The van der Waals surface area contributed by atoms with Crippen LogP contribution in [-0.2, 0) is 4.79 Å². The molecule has 1 aromatic carbocycles. The van der Waals surface area contributed by atoms with Crippen molar-refractivity contribution in [1.29, 1.82) is 0 Å². The van der Waals surface area contributed by atoms with Gasteiger partial charge < -0.3 is 5.11 Å². The summed E-state index contributed by atoms with van der Waals surface area (Å²) in [5, 5.41) is 9.94. The first-order chi connectivity index (χ1) is 7.62. The van der Waals surface area contributed by atoms with E-state index in [1.54, 1.807) is 12.1 Å². The van der Waals surface area contributed by atoms with Gasteiger partial charge in [-0.3, -0.25) is 4.79 Å². The summed E-state index contributed by atoms with van der Waals surface area (Å²) in [6.07, 6.45) is 4.98. The van der Waals surface area contributed by atoms with E-state index in [9.17, 15) is 9.90 Å². The minimum Gasteiger partial charge on any atom is -0.480 e. The highest BCUT2D eigenvalue weighted by Crippen LogP contribution is 2.42. The van der Waals surface area contributed by atoms with Crippen molar-refractivity contribution in [3.63, 3.8) is 0 Å². The van der Waals surface area contributed by atoms with Crippen molar-refractivity contribution in [3.8, 4) is 0 Å². The number of hydrogen-bond acceptors (Lipinski definition) is 2. The Morgan fingerprint density at radius 3 is 2.62 bits per heavy atom. The van der Waals surface area contributed by atoms with Crippen LogP contribution in [0.4, 0.5) is 0 Å². The topological polar surface area (TPSA) is 37.3 Å². The number of allylic oxidation sites excluding steroid dienone is 2. The second-order valence-corrected chi connectivity index (χ2v) is 5.63. The normalized spacial score (nSPS) is 17.6. The number of hydrogen-bond donors (Lipinski definition) is 1. The first kappa shape index (κ1) is 11.6. The molecule has 0 aromatic heterocycles. The zero-order valence-corrected chi connectivity index (χ0v) is 10.1. The van der Waals surface area contributed by atoms with Crippen LogP contribution in [0.2, 0.25) is 5.02 Å². The Balaban J connectivity index is 2.22. The predicted molar refractivity (Wildman–Crippen MR) is 66.0 cm³/mol. The molecule has 0 atom stereocenters. The second-order valence-electron chi connectivity index (χ2n) is 3.74. The van der Waals surface area contributed by atoms with Crippen molar-refractivity contribution in [1.82, 2.24) is 0 Å². The van der Waals surface area contributed by atoms with E-state index in [1.165, 1.54) is 11.8 Å². The molecule has 16 heavy (non-hydrogen) atoms. The molecule has 1 aromatic rings. The average molecular weight is 255 g/mol. The van der Waals surface area contributed by atoms with Gasteiger partial charge in [-0.25, -0.2) is 0 Å². The molecule has 0 fully saturated rings. The molecule has 0 aliphatic heterocycles.